The van der Waals surface area contributed by atoms with Gasteiger partial charge in [0, 0.05) is 30.2 Å². The van der Waals surface area contributed by atoms with E-state index < -0.39 is 5.56 Å². The summed E-state index contributed by atoms with van der Waals surface area (Å²) in [5, 5.41) is 0.685. The first-order valence-corrected chi connectivity index (χ1v) is 9.95. The Bertz CT molecular complexity index is 1110. The number of hydrogen-bond acceptors (Lipinski definition) is 3. The minimum absolute atomic E-state index is 0.0208. The smallest absolute Gasteiger partial charge is 0.265 e. The number of rotatable bonds is 3. The summed E-state index contributed by atoms with van der Waals surface area (Å²) in [5.74, 6) is 0.135. The van der Waals surface area contributed by atoms with E-state index in [4.69, 9.17) is 0 Å². The molecule has 4 rings (SSSR count). The second-order valence-corrected chi connectivity index (χ2v) is 8.11. The van der Waals surface area contributed by atoms with Crippen LogP contribution in [0.15, 0.2) is 53.5 Å². The summed E-state index contributed by atoms with van der Waals surface area (Å²) in [5.41, 5.74) is 0.502. The fourth-order valence-electron chi connectivity index (χ4n) is 4.30. The maximum atomic E-state index is 14.2. The maximum Gasteiger partial charge on any atom is 0.265 e. The van der Waals surface area contributed by atoms with Gasteiger partial charge in [-0.1, -0.05) is 32.0 Å². The van der Waals surface area contributed by atoms with Crippen LogP contribution in [-0.2, 0) is 6.54 Å². The Hall–Kier alpha value is -3.02. The van der Waals surface area contributed by atoms with E-state index in [1.807, 2.05) is 6.07 Å². The molecule has 3 heterocycles. The molecule has 5 nitrogen and oxygen atoms in total. The van der Waals surface area contributed by atoms with Crippen molar-refractivity contribution in [3.8, 4) is 0 Å². The zero-order valence-electron chi connectivity index (χ0n) is 16.6. The SMILES string of the molecule is CC1CC(C)CN(C(=O)c2cc3cccnc3n(Cc3ccccc3F)c2=O)C1. The van der Waals surface area contributed by atoms with Crippen molar-refractivity contribution < 1.29 is 9.18 Å². The normalized spacial score (nSPS) is 19.5. The van der Waals surface area contributed by atoms with Crippen LogP contribution in [0.5, 0.6) is 0 Å². The van der Waals surface area contributed by atoms with Crippen molar-refractivity contribution >= 4 is 16.9 Å². The van der Waals surface area contributed by atoms with E-state index in [1.54, 1.807) is 41.4 Å². The van der Waals surface area contributed by atoms with Gasteiger partial charge in [-0.25, -0.2) is 9.37 Å². The summed E-state index contributed by atoms with van der Waals surface area (Å²) in [6.45, 7) is 5.54. The number of benzene rings is 1. The Kier molecular flexibility index (Phi) is 5.18. The van der Waals surface area contributed by atoms with Crippen LogP contribution in [0.4, 0.5) is 4.39 Å². The topological polar surface area (TPSA) is 55.2 Å². The van der Waals surface area contributed by atoms with E-state index in [2.05, 4.69) is 18.8 Å². The molecule has 2 unspecified atom stereocenters. The number of pyridine rings is 2. The fourth-order valence-corrected chi connectivity index (χ4v) is 4.30. The van der Waals surface area contributed by atoms with Gasteiger partial charge in [0.15, 0.2) is 0 Å². The molecular formula is C23H24FN3O2. The molecule has 29 heavy (non-hydrogen) atoms. The Labute approximate surface area is 168 Å². The number of halogens is 1. The van der Waals surface area contributed by atoms with Crippen LogP contribution in [0.1, 0.15) is 36.2 Å². The average molecular weight is 393 g/mol. The van der Waals surface area contributed by atoms with E-state index in [1.165, 1.54) is 10.6 Å². The molecule has 1 aromatic carbocycles. The standard InChI is InChI=1S/C23H24FN3O2/c1-15-10-16(2)13-26(12-15)22(28)19-11-17-7-5-9-25-21(17)27(23(19)29)14-18-6-3-4-8-20(18)24/h3-9,11,15-16H,10,12-14H2,1-2H3. The predicted octanol–water partition coefficient (Wildman–Crippen LogP) is 3.70. The zero-order valence-corrected chi connectivity index (χ0v) is 16.6. The second-order valence-electron chi connectivity index (χ2n) is 8.11. The number of carbonyl (C=O) groups excluding carboxylic acids is 1. The van der Waals surface area contributed by atoms with Crippen molar-refractivity contribution in [2.75, 3.05) is 13.1 Å². The van der Waals surface area contributed by atoms with Gasteiger partial charge in [-0.05, 0) is 42.5 Å². The number of amides is 1. The largest absolute Gasteiger partial charge is 0.338 e. The van der Waals surface area contributed by atoms with Crippen LogP contribution in [-0.4, -0.2) is 33.4 Å². The minimum atomic E-state index is -0.435. The minimum Gasteiger partial charge on any atom is -0.338 e. The summed E-state index contributed by atoms with van der Waals surface area (Å²) in [4.78, 5) is 32.6. The summed E-state index contributed by atoms with van der Waals surface area (Å²) < 4.78 is 15.6. The molecule has 0 N–H and O–H groups in total. The summed E-state index contributed by atoms with van der Waals surface area (Å²) >= 11 is 0. The van der Waals surface area contributed by atoms with Crippen molar-refractivity contribution in [3.05, 3.63) is 76.0 Å². The molecule has 0 spiro atoms. The molecule has 1 fully saturated rings. The lowest BCUT2D eigenvalue weighted by molar-refractivity contribution is 0.0621. The molecule has 0 radical (unpaired) electrons. The fraction of sp³-hybridized carbons (Fsp3) is 0.348. The van der Waals surface area contributed by atoms with E-state index in [-0.39, 0.29) is 23.8 Å². The van der Waals surface area contributed by atoms with Crippen molar-refractivity contribution in [1.82, 2.24) is 14.5 Å². The third kappa shape index (κ3) is 3.79. The van der Waals surface area contributed by atoms with Gasteiger partial charge in [-0.15, -0.1) is 0 Å². The van der Waals surface area contributed by atoms with Crippen molar-refractivity contribution in [2.45, 2.75) is 26.8 Å². The van der Waals surface area contributed by atoms with Gasteiger partial charge in [-0.3, -0.25) is 14.2 Å². The van der Waals surface area contributed by atoms with Gasteiger partial charge < -0.3 is 4.90 Å². The number of nitrogens with zero attached hydrogens (tertiary/aromatic N) is 3. The van der Waals surface area contributed by atoms with Crippen LogP contribution in [0.2, 0.25) is 0 Å². The Morgan fingerprint density at radius 3 is 2.59 bits per heavy atom. The number of aromatic nitrogens is 2. The Balaban J connectivity index is 1.81. The molecule has 1 aliphatic rings. The van der Waals surface area contributed by atoms with E-state index in [0.29, 0.717) is 41.5 Å². The molecule has 2 atom stereocenters. The third-order valence-corrected chi connectivity index (χ3v) is 5.52. The summed E-state index contributed by atoms with van der Waals surface area (Å²) in [6.07, 6.45) is 2.66. The summed E-state index contributed by atoms with van der Waals surface area (Å²) in [6, 6.07) is 11.5. The van der Waals surface area contributed by atoms with Gasteiger partial charge in [0.1, 0.15) is 17.0 Å². The Morgan fingerprint density at radius 1 is 1.14 bits per heavy atom. The number of hydrogen-bond donors (Lipinski definition) is 0. The quantitative estimate of drug-likeness (QED) is 0.682. The average Bonchev–Trinajstić information content (AvgIpc) is 2.70. The molecule has 0 aliphatic carbocycles. The van der Waals surface area contributed by atoms with Crippen molar-refractivity contribution in [1.29, 1.82) is 0 Å². The number of piperidine rings is 1. The zero-order chi connectivity index (χ0) is 20.5. The maximum absolute atomic E-state index is 14.2. The summed E-state index contributed by atoms with van der Waals surface area (Å²) in [7, 11) is 0. The highest BCUT2D eigenvalue weighted by atomic mass is 19.1. The molecule has 6 heteroatoms. The number of carbonyl (C=O) groups is 1. The van der Waals surface area contributed by atoms with Crippen LogP contribution in [0, 0.1) is 17.7 Å². The lowest BCUT2D eigenvalue weighted by Gasteiger charge is -2.35. The van der Waals surface area contributed by atoms with Gasteiger partial charge in [-0.2, -0.15) is 0 Å². The first-order valence-electron chi connectivity index (χ1n) is 9.95. The van der Waals surface area contributed by atoms with E-state index in [9.17, 15) is 14.0 Å². The number of fused-ring (bicyclic) bond motifs is 1. The Morgan fingerprint density at radius 2 is 1.86 bits per heavy atom. The van der Waals surface area contributed by atoms with Gasteiger partial charge >= 0.3 is 0 Å². The molecule has 150 valence electrons. The lowest BCUT2D eigenvalue weighted by atomic mass is 9.91. The first kappa shape index (κ1) is 19.3. The van der Waals surface area contributed by atoms with Crippen LogP contribution in [0.3, 0.4) is 0 Å². The molecular weight excluding hydrogens is 369 g/mol. The molecule has 1 saturated heterocycles. The van der Waals surface area contributed by atoms with Crippen molar-refractivity contribution in [2.24, 2.45) is 11.8 Å². The van der Waals surface area contributed by atoms with Crippen molar-refractivity contribution in [3.63, 3.8) is 0 Å². The van der Waals surface area contributed by atoms with E-state index in [0.717, 1.165) is 6.42 Å². The van der Waals surface area contributed by atoms with E-state index >= 15 is 0 Å². The monoisotopic (exact) mass is 393 g/mol. The van der Waals surface area contributed by atoms with Crippen LogP contribution < -0.4 is 5.56 Å². The molecule has 0 bridgehead atoms. The molecule has 0 saturated carbocycles. The molecule has 1 amide bonds. The third-order valence-electron chi connectivity index (χ3n) is 5.52. The predicted molar refractivity (Wildman–Crippen MR) is 110 cm³/mol. The highest BCUT2D eigenvalue weighted by molar-refractivity contribution is 5.97. The molecule has 1 aliphatic heterocycles. The molecule has 3 aromatic rings. The molecule has 2 aromatic heterocycles. The van der Waals surface area contributed by atoms with Crippen LogP contribution in [0.25, 0.3) is 11.0 Å². The first-order chi connectivity index (χ1) is 13.9. The van der Waals surface area contributed by atoms with Gasteiger partial charge in [0.05, 0.1) is 6.54 Å². The highest BCUT2D eigenvalue weighted by Crippen LogP contribution is 2.23. The number of likely N-dealkylation sites (tertiary alicyclic amines) is 1. The van der Waals surface area contributed by atoms with Crippen LogP contribution >= 0.6 is 0 Å². The lowest BCUT2D eigenvalue weighted by Crippen LogP contribution is -2.44. The van der Waals surface area contributed by atoms with Gasteiger partial charge in [0.2, 0.25) is 0 Å². The highest BCUT2D eigenvalue weighted by Gasteiger charge is 2.28. The second kappa shape index (κ2) is 7.78. The van der Waals surface area contributed by atoms with Gasteiger partial charge in [0.25, 0.3) is 11.5 Å².